The third-order valence-corrected chi connectivity index (χ3v) is 6.19. The van der Waals surface area contributed by atoms with Gasteiger partial charge in [-0.1, -0.05) is 90.9 Å². The SMILES string of the molecule is Cc1cc2c([cH-]1)CCCC2(C)C.Cc1cc2c([cH-]1)CCCC2(C)C.Cl.Cl.[CH3-].[CH3-].[SiH2]=[Zr]. The van der Waals surface area contributed by atoms with Crippen molar-refractivity contribution in [2.24, 2.45) is 0 Å². The second kappa shape index (κ2) is 14.5. The van der Waals surface area contributed by atoms with Gasteiger partial charge in [-0.15, -0.1) is 24.8 Å². The molecule has 0 amide bonds. The Morgan fingerprint density at radius 3 is 1.30 bits per heavy atom. The van der Waals surface area contributed by atoms with Crippen LogP contribution in [0, 0.1) is 28.7 Å². The minimum atomic E-state index is 0. The fraction of sp³-hybridized carbons (Fsp3) is 0.538. The van der Waals surface area contributed by atoms with Gasteiger partial charge in [0, 0.05) is 0 Å². The molecule has 4 heteroatoms. The van der Waals surface area contributed by atoms with Crippen LogP contribution in [-0.2, 0) is 47.0 Å². The summed E-state index contributed by atoms with van der Waals surface area (Å²) in [5.41, 5.74) is 10.2. The second-order valence-electron chi connectivity index (χ2n) is 9.42. The number of hydrogen-bond acceptors (Lipinski definition) is 0. The molecule has 0 N–H and O–H groups in total. The average Bonchev–Trinajstić information content (AvgIpc) is 3.13. The molecule has 0 nitrogen and oxygen atoms in total. The summed E-state index contributed by atoms with van der Waals surface area (Å²) in [6.45, 7) is 15.8. The molecule has 30 heavy (non-hydrogen) atoms. The van der Waals surface area contributed by atoms with E-state index in [0.29, 0.717) is 10.8 Å². The summed E-state index contributed by atoms with van der Waals surface area (Å²) in [4.78, 5) is 0. The van der Waals surface area contributed by atoms with Crippen LogP contribution in [0.1, 0.15) is 86.8 Å². The predicted octanol–water partition coefficient (Wildman–Crippen LogP) is 7.48. The van der Waals surface area contributed by atoms with Gasteiger partial charge < -0.3 is 14.9 Å². The fourth-order valence-corrected chi connectivity index (χ4v) is 4.81. The molecule has 4 rings (SSSR count). The monoisotopic (exact) mass is 544 g/mol. The molecule has 2 aromatic carbocycles. The van der Waals surface area contributed by atoms with Crippen molar-refractivity contribution in [3.63, 3.8) is 0 Å². The van der Waals surface area contributed by atoms with Crippen molar-refractivity contribution < 1.29 is 23.3 Å². The van der Waals surface area contributed by atoms with Crippen LogP contribution in [0.15, 0.2) is 24.3 Å². The quantitative estimate of drug-likeness (QED) is 0.237. The van der Waals surface area contributed by atoms with Gasteiger partial charge in [-0.05, 0) is 0 Å². The molecule has 0 saturated carbocycles. The zero-order valence-electron chi connectivity index (χ0n) is 20.6. The maximum atomic E-state index is 2.37. The topological polar surface area (TPSA) is 0 Å². The van der Waals surface area contributed by atoms with Crippen molar-refractivity contribution in [3.8, 4) is 0 Å². The van der Waals surface area contributed by atoms with Gasteiger partial charge in [-0.2, -0.15) is 45.5 Å². The predicted molar refractivity (Wildman–Crippen MR) is 141 cm³/mol. The molecule has 0 aliphatic heterocycles. The molecule has 0 atom stereocenters. The van der Waals surface area contributed by atoms with E-state index in [1.807, 2.05) is 6.88 Å². The number of fused-ring (bicyclic) bond motifs is 2. The molecular weight excluding hydrogens is 503 g/mol. The molecule has 174 valence electrons. The Morgan fingerprint density at radius 2 is 1.03 bits per heavy atom. The standard InChI is InChI=1S/2C12H17.2CH3.2ClH.H2Si.Zr/c2*1-9-7-10-5-4-6-12(2,3)11(10)8-9;;;;;;/h2*7-8H,4-6H2,1-3H3;2*1H3;2*1H;1H2;/q4*-1;;;;. The average molecular weight is 547 g/mol. The van der Waals surface area contributed by atoms with E-state index >= 15 is 0 Å². The molecule has 0 saturated heterocycles. The first-order valence-electron chi connectivity index (χ1n) is 10.1. The van der Waals surface area contributed by atoms with Crippen LogP contribution >= 0.6 is 24.8 Å². The Balaban J connectivity index is -0.000000400. The van der Waals surface area contributed by atoms with Crippen molar-refractivity contribution in [2.75, 3.05) is 0 Å². The minimum absolute atomic E-state index is 0. The van der Waals surface area contributed by atoms with E-state index in [4.69, 9.17) is 0 Å². The summed E-state index contributed by atoms with van der Waals surface area (Å²) in [6.07, 6.45) is 8.03. The number of aryl methyl sites for hydroxylation is 4. The van der Waals surface area contributed by atoms with Crippen LogP contribution in [0.3, 0.4) is 0 Å². The van der Waals surface area contributed by atoms with Gasteiger partial charge in [0.2, 0.25) is 0 Å². The van der Waals surface area contributed by atoms with Crippen molar-refractivity contribution in [2.45, 2.75) is 90.9 Å². The van der Waals surface area contributed by atoms with Crippen molar-refractivity contribution in [3.05, 3.63) is 72.5 Å². The van der Waals surface area contributed by atoms with Crippen molar-refractivity contribution in [1.29, 1.82) is 0 Å². The van der Waals surface area contributed by atoms with E-state index in [-0.39, 0.29) is 39.7 Å². The molecular formula is C26H44Cl2SiZr-4. The maximum absolute atomic E-state index is 2.37. The van der Waals surface area contributed by atoms with Crippen molar-refractivity contribution in [1.82, 2.24) is 0 Å². The van der Waals surface area contributed by atoms with Crippen LogP contribution in [0.4, 0.5) is 0 Å². The van der Waals surface area contributed by atoms with E-state index in [9.17, 15) is 0 Å². The molecule has 0 fully saturated rings. The van der Waals surface area contributed by atoms with Crippen LogP contribution in [0.2, 0.25) is 0 Å². The second-order valence-corrected chi connectivity index (χ2v) is 9.42. The Kier molecular flexibility index (Phi) is 16.9. The Bertz CT molecular complexity index is 678. The van der Waals surface area contributed by atoms with Crippen molar-refractivity contribution >= 4 is 31.7 Å². The number of rotatable bonds is 0. The van der Waals surface area contributed by atoms with Gasteiger partial charge in [-0.3, -0.25) is 0 Å². The van der Waals surface area contributed by atoms with Crippen LogP contribution in [0.5, 0.6) is 0 Å². The van der Waals surface area contributed by atoms with Gasteiger partial charge >= 0.3 is 30.2 Å². The first-order chi connectivity index (χ1) is 12.2. The number of halogens is 2. The summed E-state index contributed by atoms with van der Waals surface area (Å²) in [5, 5.41) is 0. The van der Waals surface area contributed by atoms with Crippen LogP contribution in [0.25, 0.3) is 0 Å². The van der Waals surface area contributed by atoms with Crippen LogP contribution in [-0.4, -0.2) is 6.88 Å². The summed E-state index contributed by atoms with van der Waals surface area (Å²) in [6, 6.07) is 9.45. The molecule has 0 spiro atoms. The van der Waals surface area contributed by atoms with E-state index in [0.717, 1.165) is 0 Å². The Labute approximate surface area is 217 Å². The van der Waals surface area contributed by atoms with E-state index < -0.39 is 0 Å². The van der Waals surface area contributed by atoms with Gasteiger partial charge in [-0.25, -0.2) is 12.1 Å². The molecule has 0 unspecified atom stereocenters. The van der Waals surface area contributed by atoms with E-state index in [1.165, 1.54) is 49.7 Å². The molecule has 0 aromatic heterocycles. The third kappa shape index (κ3) is 8.38. The summed E-state index contributed by atoms with van der Waals surface area (Å²) >= 11 is 1.58. The van der Waals surface area contributed by atoms with Gasteiger partial charge in [0.25, 0.3) is 0 Å². The Hall–Kier alpha value is 0.380. The van der Waals surface area contributed by atoms with Crippen LogP contribution < -0.4 is 0 Å². The Morgan fingerprint density at radius 1 is 0.733 bits per heavy atom. The first kappa shape index (κ1) is 35.0. The van der Waals surface area contributed by atoms with Gasteiger partial charge in [0.05, 0.1) is 0 Å². The molecule has 0 radical (unpaired) electrons. The third-order valence-electron chi connectivity index (χ3n) is 6.19. The molecule has 0 bridgehead atoms. The molecule has 2 aliphatic carbocycles. The zero-order valence-corrected chi connectivity index (χ0v) is 26.1. The van der Waals surface area contributed by atoms with E-state index in [1.54, 1.807) is 45.6 Å². The normalized spacial score (nSPS) is 16.6. The summed E-state index contributed by atoms with van der Waals surface area (Å²) < 4.78 is 0. The molecule has 2 aliphatic rings. The molecule has 2 aromatic rings. The van der Waals surface area contributed by atoms with Gasteiger partial charge in [0.1, 0.15) is 0 Å². The fourth-order valence-electron chi connectivity index (χ4n) is 4.81. The zero-order chi connectivity index (χ0) is 19.5. The summed E-state index contributed by atoms with van der Waals surface area (Å²) in [5.74, 6) is 0. The summed E-state index contributed by atoms with van der Waals surface area (Å²) in [7, 11) is 0. The molecule has 0 heterocycles. The first-order valence-corrected chi connectivity index (χ1v) is 16.0. The van der Waals surface area contributed by atoms with E-state index in [2.05, 4.69) is 65.8 Å². The number of hydrogen-bond donors (Lipinski definition) is 0. The van der Waals surface area contributed by atoms with Gasteiger partial charge in [0.15, 0.2) is 0 Å².